The lowest BCUT2D eigenvalue weighted by molar-refractivity contribution is 0.0311. The first kappa shape index (κ1) is 21.5. The van der Waals surface area contributed by atoms with Gasteiger partial charge in [-0.2, -0.15) is 0 Å². The Morgan fingerprint density at radius 1 is 1.23 bits per heavy atom. The molecule has 31 heavy (non-hydrogen) atoms. The average Bonchev–Trinajstić information content (AvgIpc) is 3.17. The number of aromatic nitrogens is 2. The van der Waals surface area contributed by atoms with Gasteiger partial charge in [0.2, 0.25) is 10.0 Å². The van der Waals surface area contributed by atoms with Crippen LogP contribution in [-0.2, 0) is 10.0 Å². The van der Waals surface area contributed by atoms with Crippen LogP contribution >= 0.6 is 0 Å². The number of sulfonamides is 1. The van der Waals surface area contributed by atoms with E-state index < -0.39 is 10.0 Å². The standard InChI is InChI=1S/C22H26N4O4S/c1-15-9-20(30-25-15)19-11-17(12-24-21(19)23)16-5-3-6-18(10-16)31(28,29)26(2)13-22(14-27)7-4-8-22/h3,5-6,9-12,27H,4,7-8,13-14H2,1-2H3,(H2,23,24). The van der Waals surface area contributed by atoms with Crippen molar-refractivity contribution >= 4 is 15.8 Å². The Labute approximate surface area is 181 Å². The van der Waals surface area contributed by atoms with Crippen molar-refractivity contribution in [2.24, 2.45) is 5.41 Å². The van der Waals surface area contributed by atoms with Crippen molar-refractivity contribution in [1.82, 2.24) is 14.4 Å². The predicted molar refractivity (Wildman–Crippen MR) is 118 cm³/mol. The number of anilines is 1. The fourth-order valence-corrected chi connectivity index (χ4v) is 5.27. The highest BCUT2D eigenvalue weighted by Crippen LogP contribution is 2.41. The summed E-state index contributed by atoms with van der Waals surface area (Å²) in [5, 5.41) is 13.6. The average molecular weight is 443 g/mol. The molecule has 0 unspecified atom stereocenters. The Morgan fingerprint density at radius 2 is 2.00 bits per heavy atom. The van der Waals surface area contributed by atoms with Crippen LogP contribution in [0.3, 0.4) is 0 Å². The van der Waals surface area contributed by atoms with Gasteiger partial charge >= 0.3 is 0 Å². The number of nitrogens with two attached hydrogens (primary N) is 1. The molecular weight excluding hydrogens is 416 g/mol. The van der Waals surface area contributed by atoms with Crippen molar-refractivity contribution in [1.29, 1.82) is 0 Å². The Bertz CT molecular complexity index is 1200. The first-order valence-electron chi connectivity index (χ1n) is 10.1. The van der Waals surface area contributed by atoms with Gasteiger partial charge in [-0.15, -0.1) is 0 Å². The third-order valence-corrected chi connectivity index (χ3v) is 7.79. The summed E-state index contributed by atoms with van der Waals surface area (Å²) in [4.78, 5) is 4.44. The van der Waals surface area contributed by atoms with Crippen LogP contribution in [0.25, 0.3) is 22.5 Å². The van der Waals surface area contributed by atoms with E-state index in [1.54, 1.807) is 37.5 Å². The van der Waals surface area contributed by atoms with Gasteiger partial charge in [0.25, 0.3) is 0 Å². The minimum absolute atomic E-state index is 0.00606. The van der Waals surface area contributed by atoms with Gasteiger partial charge in [-0.25, -0.2) is 17.7 Å². The fraction of sp³-hybridized carbons (Fsp3) is 0.364. The molecule has 1 aliphatic rings. The highest BCUT2D eigenvalue weighted by Gasteiger charge is 2.39. The molecule has 2 aromatic heterocycles. The van der Waals surface area contributed by atoms with Crippen molar-refractivity contribution in [2.75, 3.05) is 25.9 Å². The molecule has 3 N–H and O–H groups in total. The van der Waals surface area contributed by atoms with Gasteiger partial charge in [-0.1, -0.05) is 23.7 Å². The summed E-state index contributed by atoms with van der Waals surface area (Å²) in [5.74, 6) is 0.806. The molecule has 0 radical (unpaired) electrons. The van der Waals surface area contributed by atoms with E-state index in [1.807, 2.05) is 19.1 Å². The Kier molecular flexibility index (Phi) is 5.59. The van der Waals surface area contributed by atoms with Gasteiger partial charge in [0.05, 0.1) is 16.2 Å². The van der Waals surface area contributed by atoms with Crippen LogP contribution in [0.4, 0.5) is 5.82 Å². The lowest BCUT2D eigenvalue weighted by Gasteiger charge is -2.42. The maximum Gasteiger partial charge on any atom is 0.242 e. The quantitative estimate of drug-likeness (QED) is 0.576. The molecule has 3 aromatic rings. The molecule has 1 saturated carbocycles. The zero-order valence-corrected chi connectivity index (χ0v) is 18.4. The molecule has 9 heteroatoms. The second kappa shape index (κ2) is 8.07. The maximum atomic E-state index is 13.2. The largest absolute Gasteiger partial charge is 0.396 e. The van der Waals surface area contributed by atoms with Gasteiger partial charge in [-0.3, -0.25) is 0 Å². The number of benzene rings is 1. The molecule has 164 valence electrons. The topological polar surface area (TPSA) is 123 Å². The van der Waals surface area contributed by atoms with Gasteiger partial charge in [0.15, 0.2) is 5.76 Å². The van der Waals surface area contributed by atoms with Crippen molar-refractivity contribution in [3.63, 3.8) is 0 Å². The van der Waals surface area contributed by atoms with Gasteiger partial charge < -0.3 is 15.4 Å². The van der Waals surface area contributed by atoms with Gasteiger partial charge in [-0.05, 0) is 43.5 Å². The lowest BCUT2D eigenvalue weighted by atomic mass is 9.69. The van der Waals surface area contributed by atoms with Crippen LogP contribution in [0.1, 0.15) is 25.0 Å². The van der Waals surface area contributed by atoms with Crippen LogP contribution < -0.4 is 5.73 Å². The molecule has 1 aliphatic carbocycles. The molecule has 0 aliphatic heterocycles. The number of pyridine rings is 1. The van der Waals surface area contributed by atoms with E-state index in [9.17, 15) is 13.5 Å². The Morgan fingerprint density at radius 3 is 2.61 bits per heavy atom. The van der Waals surface area contributed by atoms with E-state index in [2.05, 4.69) is 10.1 Å². The zero-order valence-electron chi connectivity index (χ0n) is 17.6. The van der Waals surface area contributed by atoms with Crippen LogP contribution in [0.15, 0.2) is 52.0 Å². The molecular formula is C22H26N4O4S. The van der Waals surface area contributed by atoms with E-state index in [0.29, 0.717) is 34.8 Å². The van der Waals surface area contributed by atoms with Crippen molar-refractivity contribution in [3.8, 4) is 22.5 Å². The van der Waals surface area contributed by atoms with Crippen LogP contribution in [0.2, 0.25) is 0 Å². The molecule has 1 fully saturated rings. The first-order chi connectivity index (χ1) is 14.7. The third kappa shape index (κ3) is 4.08. The predicted octanol–water partition coefficient (Wildman–Crippen LogP) is 3.08. The highest BCUT2D eigenvalue weighted by molar-refractivity contribution is 7.89. The summed E-state index contributed by atoms with van der Waals surface area (Å²) in [6, 6.07) is 10.3. The number of rotatable bonds is 7. The molecule has 1 aromatic carbocycles. The van der Waals surface area contributed by atoms with Gasteiger partial charge in [0, 0.05) is 43.4 Å². The summed E-state index contributed by atoms with van der Waals surface area (Å²) in [6.07, 6.45) is 4.29. The fourth-order valence-electron chi connectivity index (χ4n) is 3.94. The van der Waals surface area contributed by atoms with Crippen LogP contribution in [-0.4, -0.2) is 48.2 Å². The monoisotopic (exact) mass is 442 g/mol. The molecule has 0 saturated heterocycles. The summed E-state index contributed by atoms with van der Waals surface area (Å²) < 4.78 is 33.0. The zero-order chi connectivity index (χ0) is 22.2. The van der Waals surface area contributed by atoms with E-state index in [4.69, 9.17) is 10.3 Å². The van der Waals surface area contributed by atoms with Crippen molar-refractivity contribution in [3.05, 3.63) is 48.3 Å². The van der Waals surface area contributed by atoms with E-state index in [-0.39, 0.29) is 16.9 Å². The third-order valence-electron chi connectivity index (χ3n) is 6.00. The second-order valence-electron chi connectivity index (χ2n) is 8.29. The molecule has 0 bridgehead atoms. The molecule has 0 spiro atoms. The minimum Gasteiger partial charge on any atom is -0.396 e. The summed E-state index contributed by atoms with van der Waals surface area (Å²) in [5.41, 5.74) is 8.41. The lowest BCUT2D eigenvalue weighted by Crippen LogP contribution is -2.45. The van der Waals surface area contributed by atoms with E-state index >= 15 is 0 Å². The van der Waals surface area contributed by atoms with Gasteiger partial charge in [0.1, 0.15) is 5.82 Å². The van der Waals surface area contributed by atoms with Crippen LogP contribution in [0.5, 0.6) is 0 Å². The number of nitrogens with zero attached hydrogens (tertiary/aromatic N) is 3. The smallest absolute Gasteiger partial charge is 0.242 e. The first-order valence-corrected chi connectivity index (χ1v) is 11.5. The number of hydrogen-bond acceptors (Lipinski definition) is 7. The normalized spacial score (nSPS) is 15.7. The van der Waals surface area contributed by atoms with E-state index in [1.165, 1.54) is 4.31 Å². The SMILES string of the molecule is Cc1cc(-c2cc(-c3cccc(S(=O)(=O)N(C)CC4(CO)CCC4)c3)cnc2N)on1. The minimum atomic E-state index is -3.71. The van der Waals surface area contributed by atoms with Crippen molar-refractivity contribution < 1.29 is 18.0 Å². The second-order valence-corrected chi connectivity index (χ2v) is 10.3. The molecule has 0 atom stereocenters. The number of aliphatic hydroxyl groups is 1. The summed E-state index contributed by atoms with van der Waals surface area (Å²) in [7, 11) is -2.15. The Balaban J connectivity index is 1.65. The van der Waals surface area contributed by atoms with E-state index in [0.717, 1.165) is 25.0 Å². The highest BCUT2D eigenvalue weighted by atomic mass is 32.2. The van der Waals surface area contributed by atoms with Crippen LogP contribution in [0, 0.1) is 12.3 Å². The molecule has 0 amide bonds. The number of hydrogen-bond donors (Lipinski definition) is 2. The Hall–Kier alpha value is -2.75. The molecule has 2 heterocycles. The number of aryl methyl sites for hydroxylation is 1. The number of aliphatic hydroxyl groups excluding tert-OH is 1. The molecule has 8 nitrogen and oxygen atoms in total. The number of nitrogen functional groups attached to an aromatic ring is 1. The summed E-state index contributed by atoms with van der Waals surface area (Å²) in [6.45, 7) is 2.11. The maximum absolute atomic E-state index is 13.2. The van der Waals surface area contributed by atoms with Crippen molar-refractivity contribution in [2.45, 2.75) is 31.1 Å². The molecule has 4 rings (SSSR count). The summed E-state index contributed by atoms with van der Waals surface area (Å²) >= 11 is 0.